The average Bonchev–Trinajstić information content (AvgIpc) is 2.98. The Morgan fingerprint density at radius 3 is 2.00 bits per heavy atom. The minimum absolute atomic E-state index is 0.0576. The molecule has 21 heavy (non-hydrogen) atoms. The summed E-state index contributed by atoms with van der Waals surface area (Å²) in [6.07, 6.45) is 0.823. The van der Waals surface area contributed by atoms with E-state index in [1.165, 1.54) is 11.1 Å². The van der Waals surface area contributed by atoms with E-state index >= 15 is 0 Å². The fourth-order valence-corrected chi connectivity index (χ4v) is 2.50. The number of rotatable bonds is 5. The lowest BCUT2D eigenvalue weighted by molar-refractivity contribution is -0.366. The maximum atomic E-state index is 4.65. The molecule has 4 N–H and O–H groups in total. The highest BCUT2D eigenvalue weighted by Crippen LogP contribution is 2.29. The molecule has 0 radical (unpaired) electrons. The van der Waals surface area contributed by atoms with Crippen molar-refractivity contribution in [2.24, 2.45) is 0 Å². The zero-order valence-electron chi connectivity index (χ0n) is 11.9. The second kappa shape index (κ2) is 6.33. The van der Waals surface area contributed by atoms with E-state index in [2.05, 4.69) is 69.4 Å². The Morgan fingerprint density at radius 2 is 1.48 bits per heavy atom. The Hall–Kier alpha value is -2.46. The molecule has 106 valence electrons. The Kier molecular flexibility index (Phi) is 4.07. The molecule has 1 heterocycles. The van der Waals surface area contributed by atoms with Crippen LogP contribution in [0.1, 0.15) is 28.7 Å². The number of quaternary nitrogens is 1. The van der Waals surface area contributed by atoms with Gasteiger partial charge in [-0.05, 0) is 11.1 Å². The largest absolute Gasteiger partial charge is 0.357 e. The van der Waals surface area contributed by atoms with Gasteiger partial charge in [0.05, 0.1) is 18.9 Å². The van der Waals surface area contributed by atoms with Crippen molar-refractivity contribution in [3.05, 3.63) is 83.4 Å². The van der Waals surface area contributed by atoms with E-state index in [9.17, 15) is 0 Å². The van der Waals surface area contributed by atoms with Crippen LogP contribution in [0.5, 0.6) is 0 Å². The molecule has 0 fully saturated rings. The normalized spacial score (nSPS) is 11.0. The van der Waals surface area contributed by atoms with E-state index in [1.54, 1.807) is 0 Å². The number of nitrogens with one attached hydrogen (secondary N) is 1. The first kappa shape index (κ1) is 13.5. The zero-order chi connectivity index (χ0) is 14.5. The summed E-state index contributed by atoms with van der Waals surface area (Å²) in [6, 6.07) is 20.7. The molecule has 0 atom stereocenters. The van der Waals surface area contributed by atoms with Gasteiger partial charge in [0.15, 0.2) is 5.82 Å². The van der Waals surface area contributed by atoms with Crippen molar-refractivity contribution in [2.75, 3.05) is 6.54 Å². The molecule has 0 saturated heterocycles. The lowest BCUT2D eigenvalue weighted by Crippen LogP contribution is -2.51. The van der Waals surface area contributed by atoms with Crippen molar-refractivity contribution in [3.63, 3.8) is 0 Å². The first-order valence-corrected chi connectivity index (χ1v) is 7.19. The molecule has 1 aromatic heterocycles. The molecule has 0 saturated carbocycles. The molecule has 0 amide bonds. The molecule has 0 bridgehead atoms. The third kappa shape index (κ3) is 3.01. The van der Waals surface area contributed by atoms with Gasteiger partial charge in [0.25, 0.3) is 0 Å². The Labute approximate surface area is 124 Å². The molecule has 0 aliphatic rings. The maximum Gasteiger partial charge on any atom is 0.162 e. The quantitative estimate of drug-likeness (QED) is 0.747. The van der Waals surface area contributed by atoms with E-state index in [1.807, 2.05) is 12.1 Å². The number of aromatic nitrogens is 3. The fraction of sp³-hybridized carbons (Fsp3) is 0.176. The lowest BCUT2D eigenvalue weighted by Gasteiger charge is -2.14. The SMILES string of the molecule is [NH3+]CCc1nc(C(c2ccccc2)c2ccccc2)n[nH]1. The van der Waals surface area contributed by atoms with Crippen molar-refractivity contribution in [2.45, 2.75) is 12.3 Å². The first-order valence-electron chi connectivity index (χ1n) is 7.19. The van der Waals surface area contributed by atoms with Gasteiger partial charge in [-0.3, -0.25) is 5.10 Å². The van der Waals surface area contributed by atoms with E-state index in [0.717, 1.165) is 24.6 Å². The minimum Gasteiger partial charge on any atom is -0.357 e. The molecule has 4 heteroatoms. The predicted octanol–water partition coefficient (Wildman–Crippen LogP) is 1.77. The van der Waals surface area contributed by atoms with Crippen LogP contribution in [0, 0.1) is 0 Å². The van der Waals surface area contributed by atoms with Crippen molar-refractivity contribution in [1.82, 2.24) is 15.2 Å². The predicted molar refractivity (Wildman–Crippen MR) is 81.7 cm³/mol. The van der Waals surface area contributed by atoms with E-state index in [4.69, 9.17) is 0 Å². The van der Waals surface area contributed by atoms with Gasteiger partial charge < -0.3 is 5.73 Å². The van der Waals surface area contributed by atoms with Crippen LogP contribution in [0.4, 0.5) is 0 Å². The summed E-state index contributed by atoms with van der Waals surface area (Å²) in [7, 11) is 0. The van der Waals surface area contributed by atoms with Crippen molar-refractivity contribution < 1.29 is 5.73 Å². The number of hydrogen-bond donors (Lipinski definition) is 2. The molecular weight excluding hydrogens is 260 g/mol. The molecule has 0 aliphatic heterocycles. The summed E-state index contributed by atoms with van der Waals surface area (Å²) < 4.78 is 0. The van der Waals surface area contributed by atoms with Crippen LogP contribution in [-0.2, 0) is 6.42 Å². The van der Waals surface area contributed by atoms with Gasteiger partial charge in [-0.15, -0.1) is 0 Å². The highest BCUT2D eigenvalue weighted by Gasteiger charge is 2.20. The highest BCUT2D eigenvalue weighted by atomic mass is 15.2. The average molecular weight is 279 g/mol. The summed E-state index contributed by atoms with van der Waals surface area (Å²) in [4.78, 5) is 4.65. The van der Waals surface area contributed by atoms with E-state index in [0.29, 0.717) is 0 Å². The van der Waals surface area contributed by atoms with Gasteiger partial charge in [0.1, 0.15) is 5.82 Å². The summed E-state index contributed by atoms with van der Waals surface area (Å²) in [6.45, 7) is 0.815. The number of aromatic amines is 1. The Balaban J connectivity index is 2.03. The van der Waals surface area contributed by atoms with Crippen LogP contribution < -0.4 is 5.73 Å². The molecule has 4 nitrogen and oxygen atoms in total. The van der Waals surface area contributed by atoms with Crippen molar-refractivity contribution >= 4 is 0 Å². The first-order chi connectivity index (χ1) is 10.4. The summed E-state index contributed by atoms with van der Waals surface area (Å²) >= 11 is 0. The third-order valence-electron chi connectivity index (χ3n) is 3.49. The standard InChI is InChI=1S/C17H18N4/c18-12-11-15-19-17(21-20-15)16(13-7-3-1-4-8-13)14-9-5-2-6-10-14/h1-10,16H,11-12,18H2,(H,19,20,21)/p+1. The second-order valence-electron chi connectivity index (χ2n) is 5.00. The molecule has 2 aromatic carbocycles. The smallest absolute Gasteiger partial charge is 0.162 e. The van der Waals surface area contributed by atoms with Crippen LogP contribution in [-0.4, -0.2) is 21.7 Å². The second-order valence-corrected chi connectivity index (χ2v) is 5.00. The van der Waals surface area contributed by atoms with Gasteiger partial charge in [0, 0.05) is 0 Å². The molecule has 3 aromatic rings. The molecule has 0 unspecified atom stereocenters. The van der Waals surface area contributed by atoms with Gasteiger partial charge in [0.2, 0.25) is 0 Å². The lowest BCUT2D eigenvalue weighted by atomic mass is 9.91. The van der Waals surface area contributed by atoms with Crippen molar-refractivity contribution in [1.29, 1.82) is 0 Å². The van der Waals surface area contributed by atoms with Crippen LogP contribution in [0.15, 0.2) is 60.7 Å². The number of benzene rings is 2. The number of hydrogen-bond acceptors (Lipinski definition) is 2. The van der Waals surface area contributed by atoms with E-state index < -0.39 is 0 Å². The zero-order valence-corrected chi connectivity index (χ0v) is 11.9. The van der Waals surface area contributed by atoms with Crippen LogP contribution in [0.3, 0.4) is 0 Å². The van der Waals surface area contributed by atoms with Crippen molar-refractivity contribution in [3.8, 4) is 0 Å². The topological polar surface area (TPSA) is 69.2 Å². The molecule has 3 rings (SSSR count). The van der Waals surface area contributed by atoms with Gasteiger partial charge in [-0.25, -0.2) is 4.98 Å². The Bertz CT molecular complexity index is 637. The van der Waals surface area contributed by atoms with Gasteiger partial charge in [-0.1, -0.05) is 60.7 Å². The minimum atomic E-state index is 0.0576. The van der Waals surface area contributed by atoms with Crippen LogP contribution in [0.2, 0.25) is 0 Å². The summed E-state index contributed by atoms with van der Waals surface area (Å²) in [5.74, 6) is 1.77. The molecular formula is C17H19N4+. The monoisotopic (exact) mass is 279 g/mol. The van der Waals surface area contributed by atoms with Gasteiger partial charge >= 0.3 is 0 Å². The fourth-order valence-electron chi connectivity index (χ4n) is 2.50. The van der Waals surface area contributed by atoms with E-state index in [-0.39, 0.29) is 5.92 Å². The maximum absolute atomic E-state index is 4.65. The number of nitrogens with zero attached hydrogens (tertiary/aromatic N) is 2. The van der Waals surface area contributed by atoms with Gasteiger partial charge in [-0.2, -0.15) is 5.10 Å². The molecule has 0 aliphatic carbocycles. The third-order valence-corrected chi connectivity index (χ3v) is 3.49. The number of H-pyrrole nitrogens is 1. The van der Waals surface area contributed by atoms with Crippen LogP contribution >= 0.6 is 0 Å². The highest BCUT2D eigenvalue weighted by molar-refractivity contribution is 5.38. The Morgan fingerprint density at radius 1 is 0.905 bits per heavy atom. The van der Waals surface area contributed by atoms with Crippen LogP contribution in [0.25, 0.3) is 0 Å². The summed E-state index contributed by atoms with van der Waals surface area (Å²) in [5, 5.41) is 7.45. The summed E-state index contributed by atoms with van der Waals surface area (Å²) in [5.41, 5.74) is 6.26. The molecule has 0 spiro atoms.